The fourth-order valence-electron chi connectivity index (χ4n) is 7.11. The van der Waals surface area contributed by atoms with Crippen LogP contribution < -0.4 is 5.43 Å². The topological polar surface area (TPSA) is 147 Å². The predicted octanol–water partition coefficient (Wildman–Crippen LogP) is 11.1. The molecule has 1 unspecified atom stereocenters. The standard InChI is InChI=1S/C18H28N2O2.C18H26N2O2.C18H25NO2.CH4/c1-7-14-9-13(5)10-15(8-2)16(14)17(21)18(22-6)20-19-11-12(3)4;1-7-14-9-13(5)10-15(8-2)16(14)17(21)18(22)20(6)19-11-12(3)4;1-6-14-8-13(5)9-15(7-2)17(14)18(21)16(20)11-19-10-12(3)4;/h9-12,18,20H,7-8H2,1-6H3;9-12H,7-8H2,1-6H3;8-10,12H,6-7,11H2,1-5H3;1H4. The Morgan fingerprint density at radius 1 is 0.576 bits per heavy atom. The Bertz CT molecular complexity index is 2090. The van der Waals surface area contributed by atoms with Gasteiger partial charge >= 0.3 is 5.91 Å². The maximum atomic E-state index is 12.9. The Morgan fingerprint density at radius 3 is 1.26 bits per heavy atom. The molecule has 3 aromatic carbocycles. The second-order valence-corrected chi connectivity index (χ2v) is 17.3. The van der Waals surface area contributed by atoms with Gasteiger partial charge in [-0.05, 0) is 110 Å². The van der Waals surface area contributed by atoms with Crippen LogP contribution in [0.4, 0.5) is 0 Å². The summed E-state index contributed by atoms with van der Waals surface area (Å²) in [6.45, 7) is 30.1. The highest BCUT2D eigenvalue weighted by molar-refractivity contribution is 6.45. The molecule has 364 valence electrons. The smallest absolute Gasteiger partial charge is 0.314 e. The van der Waals surface area contributed by atoms with Crippen LogP contribution in [0.1, 0.15) is 172 Å². The zero-order valence-corrected chi connectivity index (χ0v) is 42.7. The lowest BCUT2D eigenvalue weighted by atomic mass is 9.91. The third-order valence-electron chi connectivity index (χ3n) is 10.3. The highest BCUT2D eigenvalue weighted by atomic mass is 16.5. The van der Waals surface area contributed by atoms with Gasteiger partial charge < -0.3 is 4.74 Å². The molecule has 0 spiro atoms. The molecule has 66 heavy (non-hydrogen) atoms. The predicted molar refractivity (Wildman–Crippen MR) is 276 cm³/mol. The van der Waals surface area contributed by atoms with E-state index in [2.05, 4.69) is 53.5 Å². The van der Waals surface area contributed by atoms with Gasteiger partial charge in [-0.25, -0.2) is 5.01 Å². The number of methoxy groups -OCH3 is 1. The van der Waals surface area contributed by atoms with Crippen LogP contribution >= 0.6 is 0 Å². The van der Waals surface area contributed by atoms with Crippen molar-refractivity contribution in [2.24, 2.45) is 32.9 Å². The van der Waals surface area contributed by atoms with E-state index in [9.17, 15) is 24.0 Å². The van der Waals surface area contributed by atoms with Crippen LogP contribution in [0.25, 0.3) is 0 Å². The molecule has 0 aliphatic rings. The zero-order valence-electron chi connectivity index (χ0n) is 42.7. The summed E-state index contributed by atoms with van der Waals surface area (Å²) in [5.41, 5.74) is 14.1. The van der Waals surface area contributed by atoms with Crippen LogP contribution in [-0.4, -0.2) is 79.6 Å². The number of aryl methyl sites for hydroxylation is 9. The Labute approximate surface area is 398 Å². The quantitative estimate of drug-likeness (QED) is 0.0368. The first-order valence-corrected chi connectivity index (χ1v) is 23.3. The fraction of sp³-hybridized carbons (Fsp3) is 0.527. The molecule has 0 saturated carbocycles. The minimum atomic E-state index is -0.756. The SMILES string of the molecule is C.CCc1cc(C)cc(CC)c1C(=O)C(=O)CN=CC(C)C.CCc1cc(C)cc(CC)c1C(=O)C(=O)N(C)N=CC(C)C.CCc1cc(C)cc(CC)c1C(=O)C(NN=CC(C)C)OC. The number of hydrogen-bond donors (Lipinski definition) is 1. The summed E-state index contributed by atoms with van der Waals surface area (Å²) in [5, 5.41) is 9.26. The Morgan fingerprint density at radius 2 is 0.924 bits per heavy atom. The van der Waals surface area contributed by atoms with Gasteiger partial charge in [0, 0.05) is 49.5 Å². The van der Waals surface area contributed by atoms with Crippen LogP contribution in [0.3, 0.4) is 0 Å². The zero-order chi connectivity index (χ0) is 49.6. The van der Waals surface area contributed by atoms with E-state index < -0.39 is 29.5 Å². The van der Waals surface area contributed by atoms with Crippen molar-refractivity contribution in [3.8, 4) is 0 Å². The summed E-state index contributed by atoms with van der Waals surface area (Å²) in [5.74, 6) is -1.13. The van der Waals surface area contributed by atoms with Gasteiger partial charge in [0.25, 0.3) is 5.78 Å². The molecule has 1 amide bonds. The minimum Gasteiger partial charge on any atom is -0.353 e. The number of ketones is 4. The average molecular weight is 910 g/mol. The van der Waals surface area contributed by atoms with E-state index in [0.717, 1.165) is 93.6 Å². The van der Waals surface area contributed by atoms with E-state index >= 15 is 0 Å². The molecule has 1 atom stereocenters. The lowest BCUT2D eigenvalue weighted by molar-refractivity contribution is -0.125. The van der Waals surface area contributed by atoms with Crippen molar-refractivity contribution in [3.63, 3.8) is 0 Å². The van der Waals surface area contributed by atoms with Crippen molar-refractivity contribution in [1.29, 1.82) is 0 Å². The number of nitrogens with zero attached hydrogens (tertiary/aromatic N) is 4. The van der Waals surface area contributed by atoms with Gasteiger partial charge in [0.2, 0.25) is 23.6 Å². The summed E-state index contributed by atoms with van der Waals surface area (Å²) in [6, 6.07) is 12.1. The first kappa shape index (κ1) is 60.6. The number of benzene rings is 3. The summed E-state index contributed by atoms with van der Waals surface area (Å²) < 4.78 is 5.30. The number of ether oxygens (including phenoxy) is 1. The normalized spacial score (nSPS) is 11.6. The molecular weight excluding hydrogens is 827 g/mol. The molecule has 0 fully saturated rings. The van der Waals surface area contributed by atoms with Crippen LogP contribution in [0.5, 0.6) is 0 Å². The molecule has 0 aromatic heterocycles. The van der Waals surface area contributed by atoms with E-state index in [0.29, 0.717) is 17.0 Å². The second kappa shape index (κ2) is 30.7. The van der Waals surface area contributed by atoms with Crippen molar-refractivity contribution in [1.82, 2.24) is 10.4 Å². The van der Waals surface area contributed by atoms with Gasteiger partial charge in [-0.3, -0.25) is 34.4 Å². The van der Waals surface area contributed by atoms with Crippen LogP contribution in [-0.2, 0) is 52.9 Å². The number of carbonyl (C=O) groups excluding carboxylic acids is 5. The molecule has 3 aromatic rings. The molecule has 0 bridgehead atoms. The number of hydrazone groups is 2. The number of Topliss-reactive ketones (excluding diaryl/α,β-unsaturated/α-hetero) is 4. The van der Waals surface area contributed by atoms with Gasteiger partial charge in [0.15, 0.2) is 0 Å². The number of likely N-dealkylation sites (N-methyl/N-ethyl adjacent to an activating group) is 1. The number of aliphatic imine (C=N–C) groups is 1. The van der Waals surface area contributed by atoms with Gasteiger partial charge in [-0.2, -0.15) is 10.2 Å². The summed E-state index contributed by atoms with van der Waals surface area (Å²) in [6.07, 6.45) is 8.96. The maximum absolute atomic E-state index is 12.9. The van der Waals surface area contributed by atoms with E-state index in [1.54, 1.807) is 18.6 Å². The van der Waals surface area contributed by atoms with E-state index in [4.69, 9.17) is 4.74 Å². The molecule has 1 N–H and O–H groups in total. The number of rotatable bonds is 21. The van der Waals surface area contributed by atoms with Crippen molar-refractivity contribution in [2.75, 3.05) is 20.7 Å². The second-order valence-electron chi connectivity index (χ2n) is 17.3. The molecule has 0 heterocycles. The van der Waals surface area contributed by atoms with Gasteiger partial charge in [-0.1, -0.05) is 144 Å². The first-order chi connectivity index (χ1) is 30.6. The van der Waals surface area contributed by atoms with Crippen LogP contribution in [0, 0.1) is 38.5 Å². The number of amides is 1. The van der Waals surface area contributed by atoms with Gasteiger partial charge in [0.05, 0.1) is 0 Å². The average Bonchev–Trinajstić information content (AvgIpc) is 3.27. The molecule has 11 heteroatoms. The third kappa shape index (κ3) is 18.8. The fourth-order valence-corrected chi connectivity index (χ4v) is 7.11. The number of carbonyl (C=O) groups is 5. The molecule has 3 rings (SSSR count). The van der Waals surface area contributed by atoms with E-state index in [1.807, 2.05) is 107 Å². The molecule has 11 nitrogen and oxygen atoms in total. The molecular formula is C55H83N5O6. The monoisotopic (exact) mass is 910 g/mol. The largest absolute Gasteiger partial charge is 0.353 e. The molecule has 0 aliphatic carbocycles. The lowest BCUT2D eigenvalue weighted by Gasteiger charge is -2.19. The number of hydrogen-bond acceptors (Lipinski definition) is 10. The molecule has 0 saturated heterocycles. The van der Waals surface area contributed by atoms with Crippen molar-refractivity contribution in [3.05, 3.63) is 103 Å². The summed E-state index contributed by atoms with van der Waals surface area (Å²) in [4.78, 5) is 66.4. The van der Waals surface area contributed by atoms with Crippen molar-refractivity contribution in [2.45, 2.75) is 156 Å². The Balaban J connectivity index is 0.000000953. The van der Waals surface area contributed by atoms with Crippen molar-refractivity contribution < 1.29 is 28.7 Å². The van der Waals surface area contributed by atoms with Crippen molar-refractivity contribution >= 4 is 47.7 Å². The Hall–Kier alpha value is -5.42. The van der Waals surface area contributed by atoms with E-state index in [-0.39, 0.29) is 31.6 Å². The summed E-state index contributed by atoms with van der Waals surface area (Å²) in [7, 11) is 3.04. The maximum Gasteiger partial charge on any atom is 0.314 e. The summed E-state index contributed by atoms with van der Waals surface area (Å²) >= 11 is 0. The van der Waals surface area contributed by atoms with Gasteiger partial charge in [-0.15, -0.1) is 0 Å². The van der Waals surface area contributed by atoms with Crippen LogP contribution in [0.2, 0.25) is 0 Å². The molecule has 0 aliphatic heterocycles. The highest BCUT2D eigenvalue weighted by Crippen LogP contribution is 2.23. The first-order valence-electron chi connectivity index (χ1n) is 23.3. The van der Waals surface area contributed by atoms with Gasteiger partial charge in [0.1, 0.15) is 6.54 Å². The van der Waals surface area contributed by atoms with Crippen LogP contribution in [0.15, 0.2) is 51.6 Å². The van der Waals surface area contributed by atoms with E-state index in [1.165, 1.54) is 19.7 Å². The molecule has 0 radical (unpaired) electrons. The highest BCUT2D eigenvalue weighted by Gasteiger charge is 2.26. The third-order valence-corrected chi connectivity index (χ3v) is 10.3. The lowest BCUT2D eigenvalue weighted by Crippen LogP contribution is -2.36. The number of nitrogens with one attached hydrogen (secondary N) is 1. The minimum absolute atomic E-state index is 0. The Kier molecular flexibility index (Phi) is 28.2.